The molecule has 2 aromatic rings. The van der Waals surface area contributed by atoms with E-state index in [0.717, 1.165) is 30.2 Å². The Morgan fingerprint density at radius 1 is 0.850 bits per heavy atom. The van der Waals surface area contributed by atoms with Crippen LogP contribution in [0.1, 0.15) is 32.6 Å². The van der Waals surface area contributed by atoms with Crippen molar-refractivity contribution in [1.82, 2.24) is 0 Å². The zero-order chi connectivity index (χ0) is 14.0. The van der Waals surface area contributed by atoms with Gasteiger partial charge in [0.1, 0.15) is 5.75 Å². The zero-order valence-corrected chi connectivity index (χ0v) is 12.1. The van der Waals surface area contributed by atoms with Crippen LogP contribution in [0.4, 0.5) is 11.4 Å². The fourth-order valence-electron chi connectivity index (χ4n) is 2.08. The molecule has 2 heteroatoms. The summed E-state index contributed by atoms with van der Waals surface area (Å²) >= 11 is 0. The van der Waals surface area contributed by atoms with E-state index in [2.05, 4.69) is 24.4 Å². The normalized spacial score (nSPS) is 10.2. The van der Waals surface area contributed by atoms with Crippen LogP contribution in [-0.2, 0) is 0 Å². The van der Waals surface area contributed by atoms with Crippen LogP contribution < -0.4 is 10.1 Å². The molecule has 0 aliphatic carbocycles. The molecule has 2 nitrogen and oxygen atoms in total. The van der Waals surface area contributed by atoms with Gasteiger partial charge in [-0.25, -0.2) is 0 Å². The minimum Gasteiger partial charge on any atom is -0.491 e. The van der Waals surface area contributed by atoms with E-state index in [-0.39, 0.29) is 0 Å². The molecule has 0 aliphatic heterocycles. The lowest BCUT2D eigenvalue weighted by Gasteiger charge is -2.13. The summed E-state index contributed by atoms with van der Waals surface area (Å²) in [5.41, 5.74) is 2.10. The Balaban J connectivity index is 1.92. The zero-order valence-electron chi connectivity index (χ0n) is 12.1. The molecule has 0 fully saturated rings. The fourth-order valence-corrected chi connectivity index (χ4v) is 2.08. The topological polar surface area (TPSA) is 21.3 Å². The molecular formula is C18H23NO. The average Bonchev–Trinajstić information content (AvgIpc) is 2.50. The van der Waals surface area contributed by atoms with E-state index in [1.807, 2.05) is 42.5 Å². The summed E-state index contributed by atoms with van der Waals surface area (Å²) in [4.78, 5) is 0. The summed E-state index contributed by atoms with van der Waals surface area (Å²) in [5.74, 6) is 0.924. The first-order valence-electron chi connectivity index (χ1n) is 7.44. The van der Waals surface area contributed by atoms with Gasteiger partial charge in [-0.05, 0) is 30.7 Å². The highest BCUT2D eigenvalue weighted by Crippen LogP contribution is 2.27. The Morgan fingerprint density at radius 2 is 1.60 bits per heavy atom. The minimum atomic E-state index is 0.785. The number of hydrogen-bond donors (Lipinski definition) is 1. The van der Waals surface area contributed by atoms with Crippen LogP contribution in [0.15, 0.2) is 54.6 Å². The summed E-state index contributed by atoms with van der Waals surface area (Å²) in [6.45, 7) is 3.01. The molecular weight excluding hydrogens is 246 g/mol. The Morgan fingerprint density at radius 3 is 2.40 bits per heavy atom. The van der Waals surface area contributed by atoms with Gasteiger partial charge in [0.25, 0.3) is 0 Å². The molecule has 0 unspecified atom stereocenters. The van der Waals surface area contributed by atoms with E-state index >= 15 is 0 Å². The minimum absolute atomic E-state index is 0.785. The van der Waals surface area contributed by atoms with E-state index in [0.29, 0.717) is 0 Å². The molecule has 0 amide bonds. The second-order valence-corrected chi connectivity index (χ2v) is 4.90. The predicted molar refractivity (Wildman–Crippen MR) is 85.8 cm³/mol. The van der Waals surface area contributed by atoms with Crippen LogP contribution in [0.5, 0.6) is 5.75 Å². The van der Waals surface area contributed by atoms with Gasteiger partial charge in [-0.15, -0.1) is 0 Å². The number of rotatable bonds is 8. The molecule has 20 heavy (non-hydrogen) atoms. The number of ether oxygens (including phenoxy) is 1. The summed E-state index contributed by atoms with van der Waals surface area (Å²) in [6, 6.07) is 18.3. The van der Waals surface area contributed by atoms with Gasteiger partial charge in [0.15, 0.2) is 0 Å². The van der Waals surface area contributed by atoms with Gasteiger partial charge in [-0.1, -0.05) is 56.5 Å². The molecule has 2 rings (SSSR count). The highest BCUT2D eigenvalue weighted by molar-refractivity contribution is 5.65. The lowest BCUT2D eigenvalue weighted by Crippen LogP contribution is -2.00. The van der Waals surface area contributed by atoms with Gasteiger partial charge in [-0.3, -0.25) is 0 Å². The van der Waals surface area contributed by atoms with Gasteiger partial charge in [0, 0.05) is 5.69 Å². The Bertz CT molecular complexity index is 496. The molecule has 106 valence electrons. The van der Waals surface area contributed by atoms with Gasteiger partial charge in [0.2, 0.25) is 0 Å². The molecule has 0 spiro atoms. The predicted octanol–water partition coefficient (Wildman–Crippen LogP) is 5.39. The second-order valence-electron chi connectivity index (χ2n) is 4.90. The monoisotopic (exact) mass is 269 g/mol. The Labute approximate surface area is 121 Å². The van der Waals surface area contributed by atoms with Gasteiger partial charge < -0.3 is 10.1 Å². The van der Waals surface area contributed by atoms with Crippen molar-refractivity contribution in [1.29, 1.82) is 0 Å². The van der Waals surface area contributed by atoms with Crippen LogP contribution >= 0.6 is 0 Å². The molecule has 2 aromatic carbocycles. The highest BCUT2D eigenvalue weighted by atomic mass is 16.5. The van der Waals surface area contributed by atoms with Crippen molar-refractivity contribution >= 4 is 11.4 Å². The maximum Gasteiger partial charge on any atom is 0.142 e. The van der Waals surface area contributed by atoms with E-state index in [4.69, 9.17) is 4.74 Å². The van der Waals surface area contributed by atoms with Gasteiger partial charge in [-0.2, -0.15) is 0 Å². The van der Waals surface area contributed by atoms with E-state index in [9.17, 15) is 0 Å². The molecule has 0 heterocycles. The van der Waals surface area contributed by atoms with Crippen molar-refractivity contribution in [3.63, 3.8) is 0 Å². The molecule has 0 radical (unpaired) electrons. The summed E-state index contributed by atoms with van der Waals surface area (Å²) in [7, 11) is 0. The van der Waals surface area contributed by atoms with Crippen LogP contribution in [0.2, 0.25) is 0 Å². The third-order valence-electron chi connectivity index (χ3n) is 3.20. The third kappa shape index (κ3) is 4.61. The lowest BCUT2D eigenvalue weighted by molar-refractivity contribution is 0.306. The number of nitrogens with one attached hydrogen (secondary N) is 1. The number of unbranched alkanes of at least 4 members (excludes halogenated alkanes) is 3. The first-order chi connectivity index (χ1) is 9.90. The smallest absolute Gasteiger partial charge is 0.142 e. The average molecular weight is 269 g/mol. The summed E-state index contributed by atoms with van der Waals surface area (Å²) in [6.07, 6.45) is 4.90. The standard InChI is InChI=1S/C18H23NO/c1-2-3-4-10-15-20-18-14-9-8-13-17(18)19-16-11-6-5-7-12-16/h5-9,11-14,19H,2-4,10,15H2,1H3. The largest absolute Gasteiger partial charge is 0.491 e. The summed E-state index contributed by atoms with van der Waals surface area (Å²) < 4.78 is 5.89. The molecule has 0 bridgehead atoms. The molecule has 0 atom stereocenters. The van der Waals surface area contributed by atoms with E-state index in [1.165, 1.54) is 19.3 Å². The van der Waals surface area contributed by atoms with Crippen molar-refractivity contribution in [3.05, 3.63) is 54.6 Å². The SMILES string of the molecule is CCCCCCOc1ccccc1Nc1ccccc1. The third-order valence-corrected chi connectivity index (χ3v) is 3.20. The maximum absolute atomic E-state index is 5.89. The van der Waals surface area contributed by atoms with Crippen molar-refractivity contribution in [2.75, 3.05) is 11.9 Å². The first-order valence-corrected chi connectivity index (χ1v) is 7.44. The molecule has 0 saturated heterocycles. The maximum atomic E-state index is 5.89. The Kier molecular flexibility index (Phi) is 5.97. The number of anilines is 2. The van der Waals surface area contributed by atoms with Crippen LogP contribution in [0, 0.1) is 0 Å². The highest BCUT2D eigenvalue weighted by Gasteiger charge is 2.02. The van der Waals surface area contributed by atoms with Crippen LogP contribution in [-0.4, -0.2) is 6.61 Å². The lowest BCUT2D eigenvalue weighted by atomic mass is 10.2. The van der Waals surface area contributed by atoms with E-state index in [1.54, 1.807) is 0 Å². The van der Waals surface area contributed by atoms with Gasteiger partial charge >= 0.3 is 0 Å². The van der Waals surface area contributed by atoms with Crippen molar-refractivity contribution in [2.45, 2.75) is 32.6 Å². The summed E-state index contributed by atoms with van der Waals surface area (Å²) in [5, 5.41) is 3.40. The number of benzene rings is 2. The van der Waals surface area contributed by atoms with E-state index < -0.39 is 0 Å². The van der Waals surface area contributed by atoms with Crippen LogP contribution in [0.3, 0.4) is 0 Å². The van der Waals surface area contributed by atoms with Crippen molar-refractivity contribution in [3.8, 4) is 5.75 Å². The van der Waals surface area contributed by atoms with Gasteiger partial charge in [0.05, 0.1) is 12.3 Å². The number of para-hydroxylation sites is 3. The second kappa shape index (κ2) is 8.26. The van der Waals surface area contributed by atoms with Crippen LogP contribution in [0.25, 0.3) is 0 Å². The fraction of sp³-hybridized carbons (Fsp3) is 0.333. The molecule has 0 saturated carbocycles. The quantitative estimate of drug-likeness (QED) is 0.649. The Hall–Kier alpha value is -1.96. The molecule has 0 aromatic heterocycles. The molecule has 0 aliphatic rings. The van der Waals surface area contributed by atoms with Crippen molar-refractivity contribution < 1.29 is 4.74 Å². The number of hydrogen-bond acceptors (Lipinski definition) is 2. The van der Waals surface area contributed by atoms with Crippen molar-refractivity contribution in [2.24, 2.45) is 0 Å². The first kappa shape index (κ1) is 14.4. The molecule has 1 N–H and O–H groups in total.